The maximum Gasteiger partial charge on any atom is 0.416 e. The molecule has 4 rings (SSSR count). The molecule has 0 bridgehead atoms. The van der Waals surface area contributed by atoms with Crippen molar-refractivity contribution in [2.45, 2.75) is 32.1 Å². The minimum atomic E-state index is -4.66. The van der Waals surface area contributed by atoms with Gasteiger partial charge in [0.05, 0.1) is 42.6 Å². The molecule has 2 atom stereocenters. The second-order valence-corrected chi connectivity index (χ2v) is 8.12. The van der Waals surface area contributed by atoms with Gasteiger partial charge in [-0.3, -0.25) is 14.5 Å². The van der Waals surface area contributed by atoms with Gasteiger partial charge >= 0.3 is 12.2 Å². The molecule has 1 fully saturated rings. The van der Waals surface area contributed by atoms with Gasteiger partial charge in [-0.05, 0) is 25.5 Å². The van der Waals surface area contributed by atoms with Crippen LogP contribution in [0.3, 0.4) is 0 Å². The van der Waals surface area contributed by atoms with Crippen LogP contribution >= 0.6 is 0 Å². The molecule has 0 aromatic heterocycles. The number of morpholine rings is 1. The van der Waals surface area contributed by atoms with Crippen LogP contribution in [0.1, 0.15) is 31.0 Å². The van der Waals surface area contributed by atoms with Gasteiger partial charge in [-0.2, -0.15) is 13.2 Å². The van der Waals surface area contributed by atoms with Gasteiger partial charge in [0.2, 0.25) is 5.91 Å². The highest BCUT2D eigenvalue weighted by Gasteiger charge is 2.48. The molecule has 1 N–H and O–H groups in total. The molecular formula is C22H25F3N4O4. The second-order valence-electron chi connectivity index (χ2n) is 8.12. The average molecular weight is 466 g/mol. The SMILES string of the molecule is CCN1C(=O)N[C@@H](c2ccccc2C(F)(F)F)C2=C1CN([C@H](C)C(=O)N1CCOCC1)C2=O. The molecule has 0 unspecified atom stereocenters. The number of carbonyl (C=O) groups is 3. The van der Waals surface area contributed by atoms with E-state index in [0.717, 1.165) is 6.07 Å². The molecule has 11 heteroatoms. The quantitative estimate of drug-likeness (QED) is 0.737. The van der Waals surface area contributed by atoms with Crippen molar-refractivity contribution in [3.05, 3.63) is 46.7 Å². The molecule has 8 nitrogen and oxygen atoms in total. The van der Waals surface area contributed by atoms with Crippen molar-refractivity contribution >= 4 is 17.8 Å². The number of amides is 4. The predicted octanol–water partition coefficient (Wildman–Crippen LogP) is 2.14. The van der Waals surface area contributed by atoms with E-state index in [1.165, 1.54) is 28.0 Å². The normalized spacial score (nSPS) is 22.5. The largest absolute Gasteiger partial charge is 0.416 e. The van der Waals surface area contributed by atoms with Crippen molar-refractivity contribution in [2.75, 3.05) is 39.4 Å². The number of ether oxygens (including phenoxy) is 1. The number of nitrogens with one attached hydrogen (secondary N) is 1. The van der Waals surface area contributed by atoms with Gasteiger partial charge < -0.3 is 19.9 Å². The Hall–Kier alpha value is -3.08. The first-order valence-electron chi connectivity index (χ1n) is 10.8. The fraction of sp³-hybridized carbons (Fsp3) is 0.500. The number of hydrogen-bond acceptors (Lipinski definition) is 4. The Bertz CT molecular complexity index is 1000. The minimum absolute atomic E-state index is 0.0304. The number of halogens is 3. The zero-order chi connectivity index (χ0) is 23.9. The van der Waals surface area contributed by atoms with Gasteiger partial charge in [-0.1, -0.05) is 18.2 Å². The van der Waals surface area contributed by atoms with Crippen LogP contribution in [0.5, 0.6) is 0 Å². The van der Waals surface area contributed by atoms with E-state index in [4.69, 9.17) is 4.74 Å². The lowest BCUT2D eigenvalue weighted by Gasteiger charge is -2.33. The summed E-state index contributed by atoms with van der Waals surface area (Å²) in [5.74, 6) is -0.819. The molecule has 3 aliphatic heterocycles. The number of alkyl halides is 3. The van der Waals surface area contributed by atoms with Crippen LogP contribution in [-0.4, -0.2) is 78.0 Å². The lowest BCUT2D eigenvalue weighted by molar-refractivity contribution is -0.145. The lowest BCUT2D eigenvalue weighted by atomic mass is 9.91. The predicted molar refractivity (Wildman–Crippen MR) is 111 cm³/mol. The highest BCUT2D eigenvalue weighted by Crippen LogP contribution is 2.41. The summed E-state index contributed by atoms with van der Waals surface area (Å²) in [4.78, 5) is 43.5. The molecule has 178 valence electrons. The van der Waals surface area contributed by atoms with Gasteiger partial charge in [0.1, 0.15) is 6.04 Å². The van der Waals surface area contributed by atoms with E-state index in [-0.39, 0.29) is 30.1 Å². The van der Waals surface area contributed by atoms with E-state index in [1.807, 2.05) is 0 Å². The lowest BCUT2D eigenvalue weighted by Crippen LogP contribution is -2.51. The Balaban J connectivity index is 1.71. The van der Waals surface area contributed by atoms with Crippen LogP contribution in [0.2, 0.25) is 0 Å². The van der Waals surface area contributed by atoms with E-state index >= 15 is 0 Å². The van der Waals surface area contributed by atoms with Gasteiger partial charge in [0, 0.05) is 19.6 Å². The van der Waals surface area contributed by atoms with E-state index in [9.17, 15) is 27.6 Å². The summed E-state index contributed by atoms with van der Waals surface area (Å²) in [7, 11) is 0. The third-order valence-electron chi connectivity index (χ3n) is 6.29. The van der Waals surface area contributed by atoms with E-state index in [1.54, 1.807) is 18.7 Å². The maximum atomic E-state index is 13.7. The monoisotopic (exact) mass is 466 g/mol. The fourth-order valence-electron chi connectivity index (χ4n) is 4.58. The molecule has 0 aliphatic carbocycles. The molecule has 0 spiro atoms. The Morgan fingerprint density at radius 2 is 1.88 bits per heavy atom. The number of benzene rings is 1. The Morgan fingerprint density at radius 3 is 2.52 bits per heavy atom. The summed E-state index contributed by atoms with van der Waals surface area (Å²) in [5.41, 5.74) is -0.732. The molecule has 4 amide bonds. The molecule has 1 aromatic rings. The first kappa shape index (κ1) is 23.1. The topological polar surface area (TPSA) is 82.2 Å². The molecule has 1 saturated heterocycles. The number of carbonyl (C=O) groups excluding carboxylic acids is 3. The summed E-state index contributed by atoms with van der Waals surface area (Å²) >= 11 is 0. The minimum Gasteiger partial charge on any atom is -0.378 e. The summed E-state index contributed by atoms with van der Waals surface area (Å²) < 4.78 is 46.4. The van der Waals surface area contributed by atoms with Crippen molar-refractivity contribution in [1.82, 2.24) is 20.0 Å². The summed E-state index contributed by atoms with van der Waals surface area (Å²) in [6, 6.07) is 2.19. The zero-order valence-corrected chi connectivity index (χ0v) is 18.3. The average Bonchev–Trinajstić information content (AvgIpc) is 3.14. The summed E-state index contributed by atoms with van der Waals surface area (Å²) in [6.45, 7) is 5.12. The Morgan fingerprint density at radius 1 is 1.21 bits per heavy atom. The first-order chi connectivity index (χ1) is 15.6. The number of nitrogens with zero attached hydrogens (tertiary/aromatic N) is 3. The van der Waals surface area contributed by atoms with Crippen LogP contribution in [-0.2, 0) is 20.5 Å². The zero-order valence-electron chi connectivity index (χ0n) is 18.3. The van der Waals surface area contributed by atoms with Crippen molar-refractivity contribution in [1.29, 1.82) is 0 Å². The van der Waals surface area contributed by atoms with E-state index in [2.05, 4.69) is 5.32 Å². The van der Waals surface area contributed by atoms with Crippen molar-refractivity contribution in [2.24, 2.45) is 0 Å². The van der Waals surface area contributed by atoms with Crippen LogP contribution in [0.15, 0.2) is 35.5 Å². The molecule has 3 aliphatic rings. The second kappa shape index (κ2) is 8.69. The summed E-state index contributed by atoms with van der Waals surface area (Å²) in [5, 5.41) is 2.57. The first-order valence-corrected chi connectivity index (χ1v) is 10.8. The number of urea groups is 1. The summed E-state index contributed by atoms with van der Waals surface area (Å²) in [6.07, 6.45) is -4.66. The van der Waals surface area contributed by atoms with Crippen molar-refractivity contribution in [3.8, 4) is 0 Å². The molecule has 3 heterocycles. The smallest absolute Gasteiger partial charge is 0.378 e. The van der Waals surface area contributed by atoms with Crippen molar-refractivity contribution < 1.29 is 32.3 Å². The third kappa shape index (κ3) is 4.05. The highest BCUT2D eigenvalue weighted by atomic mass is 19.4. The van der Waals surface area contributed by atoms with E-state index < -0.39 is 35.8 Å². The molecule has 33 heavy (non-hydrogen) atoms. The maximum absolute atomic E-state index is 13.7. The van der Waals surface area contributed by atoms with Crippen LogP contribution in [0, 0.1) is 0 Å². The number of likely N-dealkylation sites (N-methyl/N-ethyl adjacent to an activating group) is 1. The van der Waals surface area contributed by atoms with Crippen LogP contribution < -0.4 is 5.32 Å². The van der Waals surface area contributed by atoms with Gasteiger partial charge in [-0.25, -0.2) is 4.79 Å². The number of hydrogen-bond donors (Lipinski definition) is 1. The van der Waals surface area contributed by atoms with Gasteiger partial charge in [0.25, 0.3) is 5.91 Å². The number of rotatable bonds is 4. The standard InChI is InChI=1S/C22H25F3N4O4/c1-3-28-16-12-29(13(2)19(30)27-8-10-33-11-9-27)20(31)17(16)18(26-21(28)32)14-6-4-5-7-15(14)22(23,24)25/h4-7,13,18H,3,8-12H2,1-2H3,(H,26,32)/t13-,18+/m1/s1. The van der Waals surface area contributed by atoms with Crippen LogP contribution in [0.4, 0.5) is 18.0 Å². The Labute approximate surface area is 188 Å². The molecular weight excluding hydrogens is 441 g/mol. The van der Waals surface area contributed by atoms with Crippen LogP contribution in [0.25, 0.3) is 0 Å². The third-order valence-corrected chi connectivity index (χ3v) is 6.29. The van der Waals surface area contributed by atoms with E-state index in [0.29, 0.717) is 32.0 Å². The fourth-order valence-corrected chi connectivity index (χ4v) is 4.58. The molecule has 1 aromatic carbocycles. The molecule has 0 radical (unpaired) electrons. The van der Waals surface area contributed by atoms with Crippen molar-refractivity contribution in [3.63, 3.8) is 0 Å². The Kier molecular flexibility index (Phi) is 6.08. The highest BCUT2D eigenvalue weighted by molar-refractivity contribution is 6.03. The van der Waals surface area contributed by atoms with Gasteiger partial charge in [-0.15, -0.1) is 0 Å². The molecule has 0 saturated carbocycles. The van der Waals surface area contributed by atoms with Gasteiger partial charge in [0.15, 0.2) is 0 Å².